The summed E-state index contributed by atoms with van der Waals surface area (Å²) in [5, 5.41) is 6.87. The number of nitrogens with two attached hydrogens (primary N) is 1. The van der Waals surface area contributed by atoms with Crippen LogP contribution in [-0.4, -0.2) is 40.6 Å². The molecule has 3 N–H and O–H groups in total. The van der Waals surface area contributed by atoms with Gasteiger partial charge in [0.05, 0.1) is 11.6 Å². The molecule has 0 atom stereocenters. The second kappa shape index (κ2) is 6.39. The van der Waals surface area contributed by atoms with Gasteiger partial charge >= 0.3 is 0 Å². The largest absolute Gasteiger partial charge is 0.342 e. The topological polar surface area (TPSA) is 75.0 Å². The summed E-state index contributed by atoms with van der Waals surface area (Å²) in [7, 11) is 0. The maximum Gasteiger partial charge on any atom is 0.230 e. The number of amides is 1. The maximum absolute atomic E-state index is 12.7. The lowest BCUT2D eigenvalue weighted by Gasteiger charge is -2.39. The molecule has 1 aromatic rings. The molecule has 0 saturated carbocycles. The van der Waals surface area contributed by atoms with E-state index in [0.717, 1.165) is 38.8 Å². The molecule has 2 rings (SSSR count). The van der Waals surface area contributed by atoms with Crippen molar-refractivity contribution in [3.05, 3.63) is 18.0 Å². The van der Waals surface area contributed by atoms with Gasteiger partial charge in [0.2, 0.25) is 5.91 Å². The fourth-order valence-electron chi connectivity index (χ4n) is 3.16. The van der Waals surface area contributed by atoms with Crippen LogP contribution in [0.1, 0.15) is 51.0 Å². The van der Waals surface area contributed by atoms with Gasteiger partial charge in [-0.05, 0) is 37.2 Å². The summed E-state index contributed by atoms with van der Waals surface area (Å²) >= 11 is 0. The molecule has 0 aromatic carbocycles. The number of carbonyl (C=O) groups is 1. The van der Waals surface area contributed by atoms with Crippen molar-refractivity contribution in [2.24, 2.45) is 11.1 Å². The van der Waals surface area contributed by atoms with Gasteiger partial charge in [0.15, 0.2) is 0 Å². The van der Waals surface area contributed by atoms with E-state index in [1.165, 1.54) is 5.56 Å². The van der Waals surface area contributed by atoms with Crippen molar-refractivity contribution in [1.29, 1.82) is 0 Å². The first kappa shape index (κ1) is 15.0. The van der Waals surface area contributed by atoms with E-state index in [1.54, 1.807) is 0 Å². The summed E-state index contributed by atoms with van der Waals surface area (Å²) in [5.41, 5.74) is 6.78. The van der Waals surface area contributed by atoms with E-state index in [9.17, 15) is 4.79 Å². The van der Waals surface area contributed by atoms with Crippen molar-refractivity contribution in [3.63, 3.8) is 0 Å². The number of nitrogens with one attached hydrogen (secondary N) is 1. The summed E-state index contributed by atoms with van der Waals surface area (Å²) in [6.45, 7) is 6.23. The Balaban J connectivity index is 1.98. The summed E-state index contributed by atoms with van der Waals surface area (Å²) in [5.74, 6) is 0.768. The average molecular weight is 278 g/mol. The Morgan fingerprint density at radius 2 is 2.10 bits per heavy atom. The highest BCUT2D eigenvalue weighted by Crippen LogP contribution is 2.32. The summed E-state index contributed by atoms with van der Waals surface area (Å²) in [4.78, 5) is 14.7. The smallest absolute Gasteiger partial charge is 0.230 e. The molecule has 0 unspecified atom stereocenters. The quantitative estimate of drug-likeness (QED) is 0.863. The molecule has 1 amide bonds. The predicted molar refractivity (Wildman–Crippen MR) is 79.2 cm³/mol. The number of piperidine rings is 1. The Labute approximate surface area is 120 Å². The standard InChI is InChI=1S/C15H26N4O/c1-3-15(4-2,11-16)14(20)19-7-5-12(6-8-19)13-9-17-18-10-13/h9-10,12H,3-8,11,16H2,1-2H3,(H,17,18). The van der Waals surface area contributed by atoms with E-state index in [-0.39, 0.29) is 11.3 Å². The SMILES string of the molecule is CCC(CC)(CN)C(=O)N1CCC(c2cn[nH]c2)CC1. The van der Waals surface area contributed by atoms with Crippen molar-refractivity contribution in [2.45, 2.75) is 45.4 Å². The first-order valence-corrected chi connectivity index (χ1v) is 7.65. The van der Waals surface area contributed by atoms with E-state index in [2.05, 4.69) is 24.0 Å². The lowest BCUT2D eigenvalue weighted by molar-refractivity contribution is -0.143. The van der Waals surface area contributed by atoms with Gasteiger partial charge in [-0.3, -0.25) is 9.89 Å². The first-order chi connectivity index (χ1) is 9.66. The number of nitrogens with zero attached hydrogens (tertiary/aromatic N) is 2. The van der Waals surface area contributed by atoms with E-state index in [1.807, 2.05) is 17.3 Å². The zero-order chi connectivity index (χ0) is 14.6. The van der Waals surface area contributed by atoms with Crippen LogP contribution in [0.15, 0.2) is 12.4 Å². The number of H-pyrrole nitrogens is 1. The van der Waals surface area contributed by atoms with Crippen molar-refractivity contribution in [2.75, 3.05) is 19.6 Å². The molecule has 1 fully saturated rings. The third-order valence-corrected chi connectivity index (χ3v) is 4.97. The third-order valence-electron chi connectivity index (χ3n) is 4.97. The Morgan fingerprint density at radius 3 is 2.55 bits per heavy atom. The Bertz CT molecular complexity index is 409. The highest BCUT2D eigenvalue weighted by atomic mass is 16.2. The zero-order valence-corrected chi connectivity index (χ0v) is 12.6. The second-order valence-electron chi connectivity index (χ2n) is 5.79. The first-order valence-electron chi connectivity index (χ1n) is 7.65. The zero-order valence-electron chi connectivity index (χ0n) is 12.6. The van der Waals surface area contributed by atoms with Crippen molar-refractivity contribution in [1.82, 2.24) is 15.1 Å². The van der Waals surface area contributed by atoms with Gasteiger partial charge in [-0.2, -0.15) is 5.10 Å². The lowest BCUT2D eigenvalue weighted by Crippen LogP contribution is -2.49. The van der Waals surface area contributed by atoms with Crippen LogP contribution in [0.5, 0.6) is 0 Å². The fourth-order valence-corrected chi connectivity index (χ4v) is 3.16. The molecule has 0 radical (unpaired) electrons. The van der Waals surface area contributed by atoms with E-state index in [0.29, 0.717) is 12.5 Å². The van der Waals surface area contributed by atoms with Gasteiger partial charge in [0.1, 0.15) is 0 Å². The number of rotatable bonds is 5. The second-order valence-corrected chi connectivity index (χ2v) is 5.79. The van der Waals surface area contributed by atoms with E-state index >= 15 is 0 Å². The minimum Gasteiger partial charge on any atom is -0.342 e. The van der Waals surface area contributed by atoms with Gasteiger partial charge in [0, 0.05) is 25.8 Å². The molecular formula is C15H26N4O. The molecule has 112 valence electrons. The molecule has 5 heteroatoms. The average Bonchev–Trinajstić information content (AvgIpc) is 3.04. The molecule has 1 aromatic heterocycles. The van der Waals surface area contributed by atoms with Crippen LogP contribution < -0.4 is 5.73 Å². The molecule has 2 heterocycles. The Kier molecular flexibility index (Phi) is 4.81. The molecule has 5 nitrogen and oxygen atoms in total. The van der Waals surface area contributed by atoms with Crippen LogP contribution in [0.3, 0.4) is 0 Å². The van der Waals surface area contributed by atoms with Gasteiger partial charge in [-0.25, -0.2) is 0 Å². The summed E-state index contributed by atoms with van der Waals surface area (Å²) in [6.07, 6.45) is 7.52. The number of hydrogen-bond acceptors (Lipinski definition) is 3. The Hall–Kier alpha value is -1.36. The predicted octanol–water partition coefficient (Wildman–Crippen LogP) is 1.88. The Morgan fingerprint density at radius 1 is 1.45 bits per heavy atom. The number of aromatic nitrogens is 2. The van der Waals surface area contributed by atoms with Crippen molar-refractivity contribution in [3.8, 4) is 0 Å². The van der Waals surface area contributed by atoms with E-state index < -0.39 is 0 Å². The molecule has 0 spiro atoms. The minimum absolute atomic E-state index is 0.246. The third kappa shape index (κ3) is 2.73. The highest BCUT2D eigenvalue weighted by molar-refractivity contribution is 5.83. The van der Waals surface area contributed by atoms with Crippen molar-refractivity contribution < 1.29 is 4.79 Å². The van der Waals surface area contributed by atoms with Gasteiger partial charge < -0.3 is 10.6 Å². The minimum atomic E-state index is -0.359. The summed E-state index contributed by atoms with van der Waals surface area (Å²) < 4.78 is 0. The molecular weight excluding hydrogens is 252 g/mol. The monoisotopic (exact) mass is 278 g/mol. The number of carbonyl (C=O) groups excluding carboxylic acids is 1. The highest BCUT2D eigenvalue weighted by Gasteiger charge is 2.38. The molecule has 1 aliphatic heterocycles. The maximum atomic E-state index is 12.7. The van der Waals surface area contributed by atoms with Crippen LogP contribution in [0.2, 0.25) is 0 Å². The van der Waals surface area contributed by atoms with Crippen LogP contribution in [0, 0.1) is 5.41 Å². The summed E-state index contributed by atoms with van der Waals surface area (Å²) in [6, 6.07) is 0. The molecule has 20 heavy (non-hydrogen) atoms. The number of aromatic amines is 1. The normalized spacial score (nSPS) is 17.4. The number of hydrogen-bond donors (Lipinski definition) is 2. The molecule has 0 bridgehead atoms. The van der Waals surface area contributed by atoms with Crippen LogP contribution in [0.4, 0.5) is 0 Å². The van der Waals surface area contributed by atoms with Crippen molar-refractivity contribution >= 4 is 5.91 Å². The molecule has 1 aliphatic rings. The fraction of sp³-hybridized carbons (Fsp3) is 0.733. The van der Waals surface area contributed by atoms with Gasteiger partial charge in [0.25, 0.3) is 0 Å². The molecule has 1 saturated heterocycles. The van der Waals surface area contributed by atoms with Gasteiger partial charge in [-0.1, -0.05) is 13.8 Å². The van der Waals surface area contributed by atoms with Crippen LogP contribution >= 0.6 is 0 Å². The van der Waals surface area contributed by atoms with Gasteiger partial charge in [-0.15, -0.1) is 0 Å². The van der Waals surface area contributed by atoms with E-state index in [4.69, 9.17) is 5.73 Å². The lowest BCUT2D eigenvalue weighted by atomic mass is 9.80. The van der Waals surface area contributed by atoms with Crippen LogP contribution in [0.25, 0.3) is 0 Å². The molecule has 0 aliphatic carbocycles. The van der Waals surface area contributed by atoms with Crippen LogP contribution in [-0.2, 0) is 4.79 Å². The number of likely N-dealkylation sites (tertiary alicyclic amines) is 1.